The number of nitrogens with two attached hydrogens (primary N) is 2. The number of carbonyl (C=O) groups excluding carboxylic acids is 1. The van der Waals surface area contributed by atoms with Crippen LogP contribution in [0.5, 0.6) is 5.75 Å². The standard InChI is InChI=1S/C9H12N2O2/c1-13-7-4-2-6(3-5-7)8(10)9(11)12/h2-5,8H,10H2,1H3,(H2,11,12)/i1D3,2D,3D,4D,5D,8D. The maximum atomic E-state index is 11.2. The molecule has 1 unspecified atom stereocenters. The SMILES string of the molecule is [2H]c1c([2H])c(C([2H])(N)C(N)=O)c([2H])c([2H])c1OC([2H])([2H])[2H]. The molecule has 0 saturated carbocycles. The van der Waals surface area contributed by atoms with Gasteiger partial charge in [0.15, 0.2) is 0 Å². The van der Waals surface area contributed by atoms with Crippen molar-refractivity contribution in [1.29, 1.82) is 0 Å². The van der Waals surface area contributed by atoms with E-state index in [2.05, 4.69) is 4.74 Å². The van der Waals surface area contributed by atoms with E-state index in [9.17, 15) is 4.79 Å². The Labute approximate surface area is 87.7 Å². The number of primary amides is 1. The summed E-state index contributed by atoms with van der Waals surface area (Å²) in [5.74, 6) is -2.21. The molecule has 13 heavy (non-hydrogen) atoms. The molecular formula is C9H12N2O2. The van der Waals surface area contributed by atoms with Gasteiger partial charge in [-0.25, -0.2) is 0 Å². The zero-order chi connectivity index (χ0) is 16.7. The molecule has 1 rings (SSSR count). The first-order chi connectivity index (χ1) is 9.30. The van der Waals surface area contributed by atoms with Gasteiger partial charge in [0.2, 0.25) is 5.91 Å². The molecule has 1 atom stereocenters. The first-order valence-corrected chi connectivity index (χ1v) is 3.19. The lowest BCUT2D eigenvalue weighted by Crippen LogP contribution is -2.28. The molecule has 4 N–H and O–H groups in total. The summed E-state index contributed by atoms with van der Waals surface area (Å²) in [7, 11) is -2.99. The van der Waals surface area contributed by atoms with Crippen molar-refractivity contribution in [2.75, 3.05) is 7.04 Å². The van der Waals surface area contributed by atoms with Crippen molar-refractivity contribution in [3.05, 3.63) is 29.7 Å². The summed E-state index contributed by atoms with van der Waals surface area (Å²) in [5.41, 5.74) is 9.49. The Morgan fingerprint density at radius 2 is 2.31 bits per heavy atom. The van der Waals surface area contributed by atoms with Crippen LogP contribution in [0.3, 0.4) is 0 Å². The summed E-state index contributed by atoms with van der Waals surface area (Å²) in [5, 5.41) is 0. The van der Waals surface area contributed by atoms with Crippen molar-refractivity contribution in [2.24, 2.45) is 11.5 Å². The fraction of sp³-hybridized carbons (Fsp3) is 0.222. The van der Waals surface area contributed by atoms with Crippen LogP contribution in [0.15, 0.2) is 24.2 Å². The van der Waals surface area contributed by atoms with Gasteiger partial charge < -0.3 is 16.2 Å². The average Bonchev–Trinajstić information content (AvgIpc) is 2.30. The van der Waals surface area contributed by atoms with E-state index < -0.39 is 54.4 Å². The van der Waals surface area contributed by atoms with E-state index in [0.29, 0.717) is 0 Å². The summed E-state index contributed by atoms with van der Waals surface area (Å²) in [4.78, 5) is 11.2. The number of amides is 1. The van der Waals surface area contributed by atoms with E-state index in [4.69, 9.17) is 22.4 Å². The lowest BCUT2D eigenvalue weighted by molar-refractivity contribution is -0.119. The van der Waals surface area contributed by atoms with E-state index in [1.165, 1.54) is 0 Å². The van der Waals surface area contributed by atoms with E-state index in [1.807, 2.05) is 0 Å². The highest BCUT2D eigenvalue weighted by Crippen LogP contribution is 2.15. The second-order valence-electron chi connectivity index (χ2n) is 2.08. The van der Waals surface area contributed by atoms with Crippen LogP contribution in [0.1, 0.15) is 22.5 Å². The van der Waals surface area contributed by atoms with Gasteiger partial charge in [-0.15, -0.1) is 0 Å². The monoisotopic (exact) mass is 188 g/mol. The predicted molar refractivity (Wildman–Crippen MR) is 49.1 cm³/mol. The molecule has 1 amide bonds. The molecule has 0 aromatic heterocycles. The van der Waals surface area contributed by atoms with Crippen molar-refractivity contribution in [3.63, 3.8) is 0 Å². The molecule has 0 aliphatic heterocycles. The zero-order valence-electron chi connectivity index (χ0n) is 14.5. The van der Waals surface area contributed by atoms with E-state index >= 15 is 0 Å². The molecule has 70 valence electrons. The highest BCUT2D eigenvalue weighted by molar-refractivity contribution is 5.81. The fourth-order valence-corrected chi connectivity index (χ4v) is 0.610. The molecule has 1 aromatic rings. The Morgan fingerprint density at radius 1 is 1.69 bits per heavy atom. The molecule has 0 aliphatic rings. The largest absolute Gasteiger partial charge is 0.497 e. The van der Waals surface area contributed by atoms with E-state index in [0.717, 1.165) is 0 Å². The maximum absolute atomic E-state index is 11.2. The van der Waals surface area contributed by atoms with Crippen LogP contribution in [0, 0.1) is 0 Å². The average molecular weight is 188 g/mol. The Kier molecular flexibility index (Phi) is 0.994. The maximum Gasteiger partial charge on any atom is 0.238 e. The molecule has 4 heteroatoms. The number of methoxy groups -OCH3 is 1. The summed E-state index contributed by atoms with van der Waals surface area (Å²) in [6.45, 7) is 0. The van der Waals surface area contributed by atoms with Crippen LogP contribution >= 0.6 is 0 Å². The highest BCUT2D eigenvalue weighted by atomic mass is 16.5. The number of hydrogen-bond donors (Lipinski definition) is 2. The van der Waals surface area contributed by atoms with Gasteiger partial charge in [0, 0.05) is 0 Å². The van der Waals surface area contributed by atoms with Gasteiger partial charge in [-0.1, -0.05) is 12.1 Å². The summed E-state index contributed by atoms with van der Waals surface area (Å²) < 4.78 is 63.4. The minimum absolute atomic E-state index is 0.761. The minimum atomic E-state index is -2.99. The van der Waals surface area contributed by atoms with Gasteiger partial charge in [-0.05, 0) is 17.6 Å². The molecule has 0 saturated heterocycles. The van der Waals surface area contributed by atoms with Crippen LogP contribution < -0.4 is 16.2 Å². The Hall–Kier alpha value is -1.55. The van der Waals surface area contributed by atoms with Crippen molar-refractivity contribution in [2.45, 2.75) is 6.02 Å². The molecule has 0 aliphatic carbocycles. The van der Waals surface area contributed by atoms with Crippen LogP contribution in [-0.2, 0) is 4.79 Å². The number of carbonyl (C=O) groups is 1. The first-order valence-electron chi connectivity index (χ1n) is 7.19. The summed E-state index contributed by atoms with van der Waals surface area (Å²) in [6.07, 6.45) is 0. The lowest BCUT2D eigenvalue weighted by atomic mass is 10.1. The molecule has 0 radical (unpaired) electrons. The Balaban J connectivity index is 3.66. The van der Waals surface area contributed by atoms with Gasteiger partial charge in [-0.2, -0.15) is 0 Å². The molecule has 4 nitrogen and oxygen atoms in total. The summed E-state index contributed by atoms with van der Waals surface area (Å²) >= 11 is 0. The van der Waals surface area contributed by atoms with Gasteiger partial charge in [0.25, 0.3) is 0 Å². The number of hydrogen-bond acceptors (Lipinski definition) is 3. The smallest absolute Gasteiger partial charge is 0.238 e. The third kappa shape index (κ3) is 2.19. The Bertz CT molecular complexity index is 569. The van der Waals surface area contributed by atoms with Crippen molar-refractivity contribution < 1.29 is 20.5 Å². The molecule has 0 fully saturated rings. The summed E-state index contributed by atoms with van der Waals surface area (Å²) in [6, 6.07) is -6.17. The first kappa shape index (κ1) is 3.31. The van der Waals surface area contributed by atoms with Crippen molar-refractivity contribution in [1.82, 2.24) is 0 Å². The molecule has 0 heterocycles. The zero-order valence-corrected chi connectivity index (χ0v) is 6.47. The second-order valence-corrected chi connectivity index (χ2v) is 2.08. The number of rotatable bonds is 3. The van der Waals surface area contributed by atoms with Crippen LogP contribution in [-0.4, -0.2) is 12.9 Å². The van der Waals surface area contributed by atoms with Gasteiger partial charge in [0.05, 0.1) is 18.0 Å². The van der Waals surface area contributed by atoms with Crippen LogP contribution in [0.4, 0.5) is 0 Å². The van der Waals surface area contributed by atoms with E-state index in [-0.39, 0.29) is 0 Å². The van der Waals surface area contributed by atoms with Crippen LogP contribution in [0.2, 0.25) is 0 Å². The molecule has 0 bridgehead atoms. The highest BCUT2D eigenvalue weighted by Gasteiger charge is 2.11. The molecule has 1 aromatic carbocycles. The Morgan fingerprint density at radius 3 is 2.77 bits per heavy atom. The molecular weight excluding hydrogens is 168 g/mol. The van der Waals surface area contributed by atoms with Gasteiger partial charge >= 0.3 is 0 Å². The van der Waals surface area contributed by atoms with Gasteiger partial charge in [0.1, 0.15) is 11.8 Å². The van der Waals surface area contributed by atoms with Crippen molar-refractivity contribution >= 4 is 5.91 Å². The molecule has 0 spiro atoms. The second kappa shape index (κ2) is 3.91. The van der Waals surface area contributed by atoms with E-state index in [1.54, 1.807) is 0 Å². The quantitative estimate of drug-likeness (QED) is 0.710. The third-order valence-corrected chi connectivity index (χ3v) is 1.24. The van der Waals surface area contributed by atoms with Crippen LogP contribution in [0.25, 0.3) is 0 Å². The third-order valence-electron chi connectivity index (χ3n) is 1.24. The fourth-order valence-electron chi connectivity index (χ4n) is 0.610. The lowest BCUT2D eigenvalue weighted by Gasteiger charge is -2.07. The normalized spacial score (nSPS) is 24.4. The van der Waals surface area contributed by atoms with Crippen molar-refractivity contribution in [3.8, 4) is 5.75 Å². The van der Waals surface area contributed by atoms with Gasteiger partial charge in [-0.3, -0.25) is 4.79 Å². The number of benzene rings is 1. The number of ether oxygens (including phenoxy) is 1. The topological polar surface area (TPSA) is 78.3 Å². The predicted octanol–water partition coefficient (Wildman–Crippen LogP) is 0.180. The minimum Gasteiger partial charge on any atom is -0.497 e.